The molecule has 0 radical (unpaired) electrons. The summed E-state index contributed by atoms with van der Waals surface area (Å²) in [5.74, 6) is -0.169. The lowest BCUT2D eigenvalue weighted by Crippen LogP contribution is -2.29. The van der Waals surface area contributed by atoms with Gasteiger partial charge in [-0.05, 0) is 67.1 Å². The van der Waals surface area contributed by atoms with Crippen molar-refractivity contribution in [1.29, 1.82) is 0 Å². The molecule has 1 aromatic heterocycles. The maximum atomic E-state index is 13.6. The highest BCUT2D eigenvalue weighted by atomic mass is 79.9. The molecule has 0 N–H and O–H groups in total. The van der Waals surface area contributed by atoms with Gasteiger partial charge in [-0.1, -0.05) is 28.1 Å². The van der Waals surface area contributed by atoms with Crippen LogP contribution in [0.5, 0.6) is 5.75 Å². The first kappa shape index (κ1) is 20.5. The van der Waals surface area contributed by atoms with E-state index in [2.05, 4.69) is 15.9 Å². The van der Waals surface area contributed by atoms with Crippen LogP contribution in [0.25, 0.3) is 11.0 Å². The second-order valence-corrected chi connectivity index (χ2v) is 8.29. The highest BCUT2D eigenvalue weighted by molar-refractivity contribution is 9.10. The predicted molar refractivity (Wildman–Crippen MR) is 123 cm³/mol. The molecule has 0 bridgehead atoms. The van der Waals surface area contributed by atoms with Crippen molar-refractivity contribution in [2.75, 3.05) is 11.5 Å². The van der Waals surface area contributed by atoms with E-state index >= 15 is 0 Å². The fourth-order valence-corrected chi connectivity index (χ4v) is 4.40. The van der Waals surface area contributed by atoms with Gasteiger partial charge >= 0.3 is 0 Å². The summed E-state index contributed by atoms with van der Waals surface area (Å²) in [6.07, 6.45) is 0. The molecule has 2 heterocycles. The second kappa shape index (κ2) is 7.91. The monoisotopic (exact) mass is 493 g/mol. The van der Waals surface area contributed by atoms with Gasteiger partial charge in [-0.2, -0.15) is 0 Å². The van der Waals surface area contributed by atoms with Crippen LogP contribution in [-0.2, 0) is 0 Å². The minimum Gasteiger partial charge on any atom is -0.494 e. The number of amides is 1. The van der Waals surface area contributed by atoms with Gasteiger partial charge in [-0.15, -0.1) is 0 Å². The first-order valence-corrected chi connectivity index (χ1v) is 10.9. The van der Waals surface area contributed by atoms with Crippen molar-refractivity contribution < 1.29 is 18.3 Å². The van der Waals surface area contributed by atoms with E-state index in [1.165, 1.54) is 17.0 Å². The zero-order valence-electron chi connectivity index (χ0n) is 17.0. The largest absolute Gasteiger partial charge is 0.494 e. The van der Waals surface area contributed by atoms with E-state index in [1.54, 1.807) is 54.6 Å². The average molecular weight is 494 g/mol. The first-order valence-electron chi connectivity index (χ1n) is 10.1. The standard InChI is InChI=1S/C25H17BrFNO4/c1-2-31-18-10-8-17(9-11-18)28-22(14-3-6-16(27)7-4-14)21-23(29)19-13-15(26)5-12-20(19)32-24(21)25(28)30/h3-13,22H,2H2,1H3. The van der Waals surface area contributed by atoms with E-state index < -0.39 is 17.8 Å². The van der Waals surface area contributed by atoms with Crippen molar-refractivity contribution in [1.82, 2.24) is 0 Å². The van der Waals surface area contributed by atoms with Gasteiger partial charge in [0.2, 0.25) is 5.76 Å². The lowest BCUT2D eigenvalue weighted by Gasteiger charge is -2.25. The van der Waals surface area contributed by atoms with Gasteiger partial charge in [0.05, 0.1) is 23.6 Å². The highest BCUT2D eigenvalue weighted by Gasteiger charge is 2.43. The Kier molecular flexibility index (Phi) is 5.06. The van der Waals surface area contributed by atoms with E-state index in [1.807, 2.05) is 6.92 Å². The Labute approximate surface area is 191 Å². The molecule has 1 aliphatic rings. The third-order valence-corrected chi connectivity index (χ3v) is 5.94. The van der Waals surface area contributed by atoms with Crippen LogP contribution in [-0.4, -0.2) is 12.5 Å². The summed E-state index contributed by atoms with van der Waals surface area (Å²) in [6.45, 7) is 2.41. The van der Waals surface area contributed by atoms with Crippen molar-refractivity contribution in [3.8, 4) is 5.75 Å². The van der Waals surface area contributed by atoms with Gasteiger partial charge in [0.15, 0.2) is 5.43 Å². The Hall–Kier alpha value is -3.45. The van der Waals surface area contributed by atoms with Crippen LogP contribution in [0.15, 0.2) is 80.4 Å². The summed E-state index contributed by atoms with van der Waals surface area (Å²) in [5, 5.41) is 0.367. The number of fused-ring (bicyclic) bond motifs is 2. The van der Waals surface area contributed by atoms with Crippen LogP contribution in [0.1, 0.15) is 34.6 Å². The number of hydrogen-bond acceptors (Lipinski definition) is 4. The van der Waals surface area contributed by atoms with Gasteiger partial charge in [0, 0.05) is 10.2 Å². The molecule has 0 aliphatic carbocycles. The van der Waals surface area contributed by atoms with Gasteiger partial charge in [0.25, 0.3) is 5.91 Å². The molecule has 1 unspecified atom stereocenters. The summed E-state index contributed by atoms with van der Waals surface area (Å²) >= 11 is 3.38. The molecule has 4 aromatic rings. The number of carbonyl (C=O) groups is 1. The number of carbonyl (C=O) groups excluding carboxylic acids is 1. The summed E-state index contributed by atoms with van der Waals surface area (Å²) in [4.78, 5) is 28.5. The third-order valence-electron chi connectivity index (χ3n) is 5.44. The van der Waals surface area contributed by atoms with Crippen LogP contribution < -0.4 is 15.1 Å². The van der Waals surface area contributed by atoms with Crippen LogP contribution in [0.4, 0.5) is 10.1 Å². The van der Waals surface area contributed by atoms with Crippen molar-refractivity contribution in [3.63, 3.8) is 0 Å². The number of rotatable bonds is 4. The molecule has 0 spiro atoms. The van der Waals surface area contributed by atoms with E-state index in [9.17, 15) is 14.0 Å². The van der Waals surface area contributed by atoms with Gasteiger partial charge in [-0.25, -0.2) is 4.39 Å². The van der Waals surface area contributed by atoms with Crippen LogP contribution in [0.2, 0.25) is 0 Å². The van der Waals surface area contributed by atoms with E-state index in [0.29, 0.717) is 34.6 Å². The molecule has 160 valence electrons. The smallest absolute Gasteiger partial charge is 0.295 e. The van der Waals surface area contributed by atoms with Gasteiger partial charge in [-0.3, -0.25) is 14.5 Å². The fraction of sp³-hybridized carbons (Fsp3) is 0.120. The van der Waals surface area contributed by atoms with E-state index in [-0.39, 0.29) is 16.8 Å². The molecule has 32 heavy (non-hydrogen) atoms. The second-order valence-electron chi connectivity index (χ2n) is 7.37. The maximum Gasteiger partial charge on any atom is 0.295 e. The van der Waals surface area contributed by atoms with E-state index in [4.69, 9.17) is 9.15 Å². The van der Waals surface area contributed by atoms with Gasteiger partial charge < -0.3 is 9.15 Å². The van der Waals surface area contributed by atoms with Crippen molar-refractivity contribution >= 4 is 38.5 Å². The van der Waals surface area contributed by atoms with Crippen LogP contribution in [0.3, 0.4) is 0 Å². The Balaban J connectivity index is 1.75. The molecule has 3 aromatic carbocycles. The summed E-state index contributed by atoms with van der Waals surface area (Å²) in [6, 6.07) is 17.1. The molecule has 7 heteroatoms. The molecule has 0 fully saturated rings. The lowest BCUT2D eigenvalue weighted by atomic mass is 9.98. The Morgan fingerprint density at radius 2 is 1.75 bits per heavy atom. The fourth-order valence-electron chi connectivity index (χ4n) is 4.04. The molecule has 1 aliphatic heterocycles. The predicted octanol–water partition coefficient (Wildman–Crippen LogP) is 5.84. The molecule has 5 rings (SSSR count). The summed E-state index contributed by atoms with van der Waals surface area (Å²) in [5.41, 5.74) is 1.45. The summed E-state index contributed by atoms with van der Waals surface area (Å²) < 4.78 is 25.8. The highest BCUT2D eigenvalue weighted by Crippen LogP contribution is 2.41. The number of benzene rings is 3. The SMILES string of the molecule is CCOc1ccc(N2C(=O)c3oc4ccc(Br)cc4c(=O)c3C2c2ccc(F)cc2)cc1. The minimum atomic E-state index is -0.754. The van der Waals surface area contributed by atoms with E-state index in [0.717, 1.165) is 4.47 Å². The van der Waals surface area contributed by atoms with Crippen LogP contribution in [0, 0.1) is 5.82 Å². The number of hydrogen-bond donors (Lipinski definition) is 0. The van der Waals surface area contributed by atoms with Crippen molar-refractivity contribution in [2.45, 2.75) is 13.0 Å². The third kappa shape index (κ3) is 3.29. The molecule has 5 nitrogen and oxygen atoms in total. The van der Waals surface area contributed by atoms with Crippen molar-refractivity contribution in [3.05, 3.63) is 104 Å². The lowest BCUT2D eigenvalue weighted by molar-refractivity contribution is 0.0971. The zero-order chi connectivity index (χ0) is 22.4. The molecule has 1 amide bonds. The summed E-state index contributed by atoms with van der Waals surface area (Å²) in [7, 11) is 0. The molecule has 0 saturated carbocycles. The van der Waals surface area contributed by atoms with Crippen molar-refractivity contribution in [2.24, 2.45) is 0 Å². The molecule has 0 saturated heterocycles. The van der Waals surface area contributed by atoms with Crippen LogP contribution >= 0.6 is 15.9 Å². The topological polar surface area (TPSA) is 59.8 Å². The molecule has 1 atom stereocenters. The first-order chi connectivity index (χ1) is 15.5. The Bertz CT molecular complexity index is 1400. The normalized spacial score (nSPS) is 15.3. The Morgan fingerprint density at radius 1 is 1.03 bits per heavy atom. The maximum absolute atomic E-state index is 13.6. The minimum absolute atomic E-state index is 0.00645. The zero-order valence-corrected chi connectivity index (χ0v) is 18.6. The number of nitrogens with zero attached hydrogens (tertiary/aromatic N) is 1. The average Bonchev–Trinajstić information content (AvgIpc) is 3.08. The number of halogens is 2. The number of anilines is 1. The number of ether oxygens (including phenoxy) is 1. The molecular formula is C25H17BrFNO4. The van der Waals surface area contributed by atoms with Gasteiger partial charge in [0.1, 0.15) is 17.1 Å². The quantitative estimate of drug-likeness (QED) is 0.358. The molecular weight excluding hydrogens is 477 g/mol. The Morgan fingerprint density at radius 3 is 2.44 bits per heavy atom.